The molecule has 2 aromatic rings. The van der Waals surface area contributed by atoms with Gasteiger partial charge >= 0.3 is 6.03 Å². The molecule has 2 fully saturated rings. The lowest BCUT2D eigenvalue weighted by Crippen LogP contribution is -2.41. The molecule has 3 amide bonds. The monoisotopic (exact) mass is 420 g/mol. The van der Waals surface area contributed by atoms with Crippen molar-refractivity contribution in [2.75, 3.05) is 6.61 Å². The van der Waals surface area contributed by atoms with Gasteiger partial charge in [-0.15, -0.1) is 0 Å². The summed E-state index contributed by atoms with van der Waals surface area (Å²) >= 11 is 0. The van der Waals surface area contributed by atoms with Gasteiger partial charge in [-0.3, -0.25) is 9.69 Å². The fraction of sp³-hybridized carbons (Fsp3) is 0.360. The van der Waals surface area contributed by atoms with E-state index in [9.17, 15) is 9.59 Å². The van der Waals surface area contributed by atoms with Crippen molar-refractivity contribution < 1.29 is 19.1 Å². The van der Waals surface area contributed by atoms with Gasteiger partial charge in [0.2, 0.25) is 0 Å². The van der Waals surface area contributed by atoms with E-state index in [-0.39, 0.29) is 18.0 Å². The number of rotatable bonds is 7. The lowest BCUT2D eigenvalue weighted by atomic mass is 9.94. The number of nitrogens with one attached hydrogen (secondary N) is 1. The number of nitrogens with zero attached hydrogens (tertiary/aromatic N) is 1. The van der Waals surface area contributed by atoms with Crippen molar-refractivity contribution >= 4 is 18.0 Å². The fourth-order valence-corrected chi connectivity index (χ4v) is 4.12. The quantitative estimate of drug-likeness (QED) is 0.512. The Balaban J connectivity index is 1.51. The van der Waals surface area contributed by atoms with Gasteiger partial charge in [0.05, 0.1) is 6.61 Å². The van der Waals surface area contributed by atoms with E-state index in [1.165, 1.54) is 11.3 Å². The van der Waals surface area contributed by atoms with Crippen LogP contribution in [0.4, 0.5) is 4.79 Å². The summed E-state index contributed by atoms with van der Waals surface area (Å²) in [7, 11) is 0. The molecule has 1 saturated carbocycles. The van der Waals surface area contributed by atoms with Crippen LogP contribution in [0.5, 0.6) is 11.5 Å². The molecule has 6 nitrogen and oxygen atoms in total. The van der Waals surface area contributed by atoms with Crippen molar-refractivity contribution in [2.45, 2.75) is 51.7 Å². The van der Waals surface area contributed by atoms with E-state index in [4.69, 9.17) is 9.47 Å². The van der Waals surface area contributed by atoms with Gasteiger partial charge in [-0.05, 0) is 49.1 Å². The third-order valence-corrected chi connectivity index (χ3v) is 5.67. The number of carbonyl (C=O) groups is 2. The molecule has 2 aliphatic rings. The maximum atomic E-state index is 12.9. The summed E-state index contributed by atoms with van der Waals surface area (Å²) in [6, 6.07) is 15.1. The fourth-order valence-electron chi connectivity index (χ4n) is 4.12. The molecule has 31 heavy (non-hydrogen) atoms. The zero-order valence-electron chi connectivity index (χ0n) is 17.8. The molecule has 0 unspecified atom stereocenters. The van der Waals surface area contributed by atoms with Crippen LogP contribution < -0.4 is 14.8 Å². The number of amides is 3. The Hall–Kier alpha value is -3.28. The average Bonchev–Trinajstić information content (AvgIpc) is 3.07. The summed E-state index contributed by atoms with van der Waals surface area (Å²) in [4.78, 5) is 26.7. The molecule has 1 aliphatic heterocycles. The molecule has 1 saturated heterocycles. The van der Waals surface area contributed by atoms with Gasteiger partial charge < -0.3 is 14.8 Å². The molecule has 6 heteroatoms. The van der Waals surface area contributed by atoms with Crippen LogP contribution in [0.25, 0.3) is 6.08 Å². The third-order valence-electron chi connectivity index (χ3n) is 5.67. The van der Waals surface area contributed by atoms with E-state index in [1.54, 1.807) is 6.08 Å². The first-order valence-corrected chi connectivity index (χ1v) is 11.0. The SMILES string of the molecule is CCOc1cc(/C=C2\NC(=O)N(C3CCCCC3)C2=O)ccc1OCc1ccccc1. The first-order chi connectivity index (χ1) is 15.2. The lowest BCUT2D eigenvalue weighted by molar-refractivity contribution is -0.124. The Labute approximate surface area is 182 Å². The topological polar surface area (TPSA) is 67.9 Å². The largest absolute Gasteiger partial charge is 0.490 e. The molecule has 0 aromatic heterocycles. The predicted octanol–water partition coefficient (Wildman–Crippen LogP) is 4.89. The van der Waals surface area contributed by atoms with Crippen LogP contribution in [0, 0.1) is 0 Å². The van der Waals surface area contributed by atoms with Crippen molar-refractivity contribution in [3.63, 3.8) is 0 Å². The van der Waals surface area contributed by atoms with Gasteiger partial charge in [0.15, 0.2) is 11.5 Å². The van der Waals surface area contributed by atoms with Gasteiger partial charge in [0.1, 0.15) is 12.3 Å². The maximum absolute atomic E-state index is 12.9. The number of benzene rings is 2. The van der Waals surface area contributed by atoms with Crippen molar-refractivity contribution in [1.82, 2.24) is 10.2 Å². The van der Waals surface area contributed by atoms with Gasteiger partial charge in [0, 0.05) is 6.04 Å². The van der Waals surface area contributed by atoms with Gasteiger partial charge in [0.25, 0.3) is 5.91 Å². The van der Waals surface area contributed by atoms with Gasteiger partial charge in [-0.1, -0.05) is 55.7 Å². The first kappa shape index (κ1) is 21.0. The lowest BCUT2D eigenvalue weighted by Gasteiger charge is -2.28. The van der Waals surface area contributed by atoms with Crippen LogP contribution >= 0.6 is 0 Å². The first-order valence-electron chi connectivity index (χ1n) is 11.0. The smallest absolute Gasteiger partial charge is 0.329 e. The maximum Gasteiger partial charge on any atom is 0.329 e. The molecule has 0 radical (unpaired) electrons. The second-order valence-electron chi connectivity index (χ2n) is 7.87. The second-order valence-corrected chi connectivity index (χ2v) is 7.87. The second kappa shape index (κ2) is 9.69. The van der Waals surface area contributed by atoms with Crippen LogP contribution in [-0.4, -0.2) is 29.5 Å². The van der Waals surface area contributed by atoms with Crippen LogP contribution in [0.3, 0.4) is 0 Å². The van der Waals surface area contributed by atoms with Crippen LogP contribution in [0.2, 0.25) is 0 Å². The third kappa shape index (κ3) is 4.90. The molecule has 1 N–H and O–H groups in total. The minimum atomic E-state index is -0.323. The Morgan fingerprint density at radius 3 is 2.52 bits per heavy atom. The Bertz CT molecular complexity index is 965. The predicted molar refractivity (Wildman–Crippen MR) is 119 cm³/mol. The molecular formula is C25H28N2O4. The molecule has 1 heterocycles. The number of hydrogen-bond donors (Lipinski definition) is 1. The van der Waals surface area contributed by atoms with E-state index in [1.807, 2.05) is 55.5 Å². The van der Waals surface area contributed by atoms with Crippen molar-refractivity contribution in [3.05, 3.63) is 65.4 Å². The zero-order chi connectivity index (χ0) is 21.6. The number of imide groups is 1. The van der Waals surface area contributed by atoms with Crippen molar-refractivity contribution in [2.24, 2.45) is 0 Å². The molecule has 2 aromatic carbocycles. The highest BCUT2D eigenvalue weighted by Crippen LogP contribution is 2.31. The molecule has 4 rings (SSSR count). The highest BCUT2D eigenvalue weighted by Gasteiger charge is 2.38. The summed E-state index contributed by atoms with van der Waals surface area (Å²) in [5, 5.41) is 2.74. The minimum absolute atomic E-state index is 0.0000942. The minimum Gasteiger partial charge on any atom is -0.490 e. The highest BCUT2D eigenvalue weighted by molar-refractivity contribution is 6.14. The summed E-state index contributed by atoms with van der Waals surface area (Å²) in [6.07, 6.45) is 6.75. The van der Waals surface area contributed by atoms with Crippen LogP contribution in [0.15, 0.2) is 54.2 Å². The summed E-state index contributed by atoms with van der Waals surface area (Å²) in [5.41, 5.74) is 2.14. The highest BCUT2D eigenvalue weighted by atomic mass is 16.5. The van der Waals surface area contributed by atoms with E-state index in [0.29, 0.717) is 30.4 Å². The van der Waals surface area contributed by atoms with E-state index < -0.39 is 0 Å². The molecule has 0 spiro atoms. The normalized spacial score (nSPS) is 18.4. The average molecular weight is 421 g/mol. The molecular weight excluding hydrogens is 392 g/mol. The Kier molecular flexibility index (Phi) is 6.55. The van der Waals surface area contributed by atoms with Crippen LogP contribution in [-0.2, 0) is 11.4 Å². The zero-order valence-corrected chi connectivity index (χ0v) is 17.8. The number of carbonyl (C=O) groups excluding carboxylic acids is 2. The van der Waals surface area contributed by atoms with Crippen LogP contribution in [0.1, 0.15) is 50.2 Å². The summed E-state index contributed by atoms with van der Waals surface area (Å²) < 4.78 is 11.7. The molecule has 0 bridgehead atoms. The van der Waals surface area contributed by atoms with E-state index >= 15 is 0 Å². The number of urea groups is 1. The Morgan fingerprint density at radius 2 is 1.77 bits per heavy atom. The summed E-state index contributed by atoms with van der Waals surface area (Å²) in [6.45, 7) is 2.84. The standard InChI is InChI=1S/C25H28N2O4/c1-2-30-23-16-19(13-14-22(23)31-17-18-9-5-3-6-10-18)15-21-24(28)27(25(29)26-21)20-11-7-4-8-12-20/h3,5-6,9-10,13-16,20H,2,4,7-8,11-12,17H2,1H3,(H,26,29)/b21-15-. The summed E-state index contributed by atoms with van der Waals surface area (Å²) in [5.74, 6) is 0.992. The molecule has 0 atom stereocenters. The Morgan fingerprint density at radius 1 is 1.00 bits per heavy atom. The number of ether oxygens (including phenoxy) is 2. The number of hydrogen-bond acceptors (Lipinski definition) is 4. The van der Waals surface area contributed by atoms with Crippen molar-refractivity contribution in [1.29, 1.82) is 0 Å². The van der Waals surface area contributed by atoms with E-state index in [0.717, 1.165) is 36.8 Å². The molecule has 162 valence electrons. The van der Waals surface area contributed by atoms with Gasteiger partial charge in [-0.2, -0.15) is 0 Å². The van der Waals surface area contributed by atoms with Crippen molar-refractivity contribution in [3.8, 4) is 11.5 Å². The van der Waals surface area contributed by atoms with Gasteiger partial charge in [-0.25, -0.2) is 4.79 Å². The van der Waals surface area contributed by atoms with E-state index in [2.05, 4.69) is 5.32 Å². The molecule has 1 aliphatic carbocycles.